The van der Waals surface area contributed by atoms with Gasteiger partial charge in [0.1, 0.15) is 17.8 Å². The maximum Gasteiger partial charge on any atom is 0.325 e. The number of nitrogens with zero attached hydrogens (tertiary/aromatic N) is 2. The number of hydrogen-bond acceptors (Lipinski definition) is 4. The Labute approximate surface area is 160 Å². The summed E-state index contributed by atoms with van der Waals surface area (Å²) in [5.41, 5.74) is 0.0420. The summed E-state index contributed by atoms with van der Waals surface area (Å²) in [5, 5.41) is 2.83. The van der Waals surface area contributed by atoms with E-state index in [1.54, 1.807) is 14.2 Å². The highest BCUT2D eigenvalue weighted by atomic mass is 16.5. The predicted molar refractivity (Wildman–Crippen MR) is 102 cm³/mol. The number of carbonyl (C=O) groups is 3. The van der Waals surface area contributed by atoms with Crippen molar-refractivity contribution in [2.24, 2.45) is 0 Å². The third-order valence-corrected chi connectivity index (χ3v) is 4.87. The van der Waals surface area contributed by atoms with Crippen LogP contribution >= 0.6 is 0 Å². The van der Waals surface area contributed by atoms with Gasteiger partial charge in [0.05, 0.1) is 7.11 Å². The Hall–Kier alpha value is -2.57. The Morgan fingerprint density at radius 3 is 2.48 bits per heavy atom. The molecule has 1 aliphatic heterocycles. The van der Waals surface area contributed by atoms with Gasteiger partial charge in [-0.05, 0) is 30.5 Å². The molecule has 4 amide bonds. The molecular weight excluding hydrogens is 346 g/mol. The molecule has 1 aliphatic rings. The van der Waals surface area contributed by atoms with Crippen LogP contribution in [-0.4, -0.2) is 53.9 Å². The van der Waals surface area contributed by atoms with E-state index in [-0.39, 0.29) is 18.4 Å². The molecule has 7 heteroatoms. The van der Waals surface area contributed by atoms with Crippen molar-refractivity contribution in [3.05, 3.63) is 29.8 Å². The lowest BCUT2D eigenvalue weighted by Gasteiger charge is -2.26. The minimum atomic E-state index is -0.869. The average Bonchev–Trinajstić information content (AvgIpc) is 2.86. The lowest BCUT2D eigenvalue weighted by Crippen LogP contribution is -2.47. The minimum Gasteiger partial charge on any atom is -0.497 e. The van der Waals surface area contributed by atoms with Gasteiger partial charge in [-0.15, -0.1) is 0 Å². The number of hydrogen-bond donors (Lipinski definition) is 1. The second kappa shape index (κ2) is 8.88. The second-order valence-corrected chi connectivity index (χ2v) is 7.00. The van der Waals surface area contributed by atoms with Crippen molar-refractivity contribution in [3.63, 3.8) is 0 Å². The van der Waals surface area contributed by atoms with E-state index in [2.05, 4.69) is 5.32 Å². The zero-order valence-corrected chi connectivity index (χ0v) is 16.6. The molecule has 2 rings (SSSR count). The molecule has 1 aromatic rings. The molecule has 7 nitrogen and oxygen atoms in total. The van der Waals surface area contributed by atoms with Crippen molar-refractivity contribution < 1.29 is 19.1 Å². The van der Waals surface area contributed by atoms with Crippen molar-refractivity contribution >= 4 is 17.8 Å². The van der Waals surface area contributed by atoms with Gasteiger partial charge in [-0.1, -0.05) is 38.8 Å². The number of imide groups is 1. The molecule has 148 valence electrons. The molecular formula is C20H29N3O4. The summed E-state index contributed by atoms with van der Waals surface area (Å²) in [7, 11) is 3.25. The van der Waals surface area contributed by atoms with Gasteiger partial charge in [-0.25, -0.2) is 4.79 Å². The smallest absolute Gasteiger partial charge is 0.325 e. The third kappa shape index (κ3) is 4.59. The van der Waals surface area contributed by atoms with Crippen LogP contribution in [0, 0.1) is 0 Å². The Bertz CT molecular complexity index is 698. The maximum atomic E-state index is 12.9. The van der Waals surface area contributed by atoms with E-state index in [9.17, 15) is 14.4 Å². The van der Waals surface area contributed by atoms with Gasteiger partial charge >= 0.3 is 6.03 Å². The third-order valence-electron chi connectivity index (χ3n) is 4.87. The number of carbonyl (C=O) groups excluding carboxylic acids is 3. The van der Waals surface area contributed by atoms with Crippen molar-refractivity contribution in [1.82, 2.24) is 15.1 Å². The van der Waals surface area contributed by atoms with Gasteiger partial charge in [0, 0.05) is 13.6 Å². The van der Waals surface area contributed by atoms with Crippen molar-refractivity contribution in [1.29, 1.82) is 0 Å². The summed E-state index contributed by atoms with van der Waals surface area (Å²) in [6.45, 7) is 4.08. The largest absolute Gasteiger partial charge is 0.497 e. The molecule has 0 radical (unpaired) electrons. The fourth-order valence-corrected chi connectivity index (χ4v) is 3.53. The summed E-state index contributed by atoms with van der Waals surface area (Å²) in [5.74, 6) is 0.135. The number of ether oxygens (including phenoxy) is 1. The van der Waals surface area contributed by atoms with Gasteiger partial charge in [0.15, 0.2) is 0 Å². The van der Waals surface area contributed by atoms with E-state index < -0.39 is 11.6 Å². The summed E-state index contributed by atoms with van der Waals surface area (Å²) in [4.78, 5) is 40.4. The molecule has 0 spiro atoms. The number of methoxy groups -OCH3 is 1. The van der Waals surface area contributed by atoms with Gasteiger partial charge < -0.3 is 15.0 Å². The molecule has 0 aromatic heterocycles. The van der Waals surface area contributed by atoms with Gasteiger partial charge in [0.2, 0.25) is 5.91 Å². The number of benzene rings is 1. The maximum absolute atomic E-state index is 12.9. The van der Waals surface area contributed by atoms with Crippen LogP contribution < -0.4 is 10.1 Å². The van der Waals surface area contributed by atoms with Crippen molar-refractivity contribution in [3.8, 4) is 5.75 Å². The quantitative estimate of drug-likeness (QED) is 0.673. The summed E-state index contributed by atoms with van der Waals surface area (Å²) >= 11 is 0. The van der Waals surface area contributed by atoms with Gasteiger partial charge in [-0.2, -0.15) is 0 Å². The van der Waals surface area contributed by atoms with Crippen LogP contribution in [0.4, 0.5) is 4.79 Å². The lowest BCUT2D eigenvalue weighted by molar-refractivity contribution is -0.138. The number of rotatable bonds is 9. The monoisotopic (exact) mass is 375 g/mol. The van der Waals surface area contributed by atoms with E-state index in [1.807, 2.05) is 38.1 Å². The minimum absolute atomic E-state index is 0.250. The average molecular weight is 375 g/mol. The molecule has 1 heterocycles. The molecule has 0 saturated carbocycles. The summed E-state index contributed by atoms with van der Waals surface area (Å²) in [6, 6.07) is 6.95. The van der Waals surface area contributed by atoms with Crippen LogP contribution in [0.5, 0.6) is 5.75 Å². The molecule has 0 aliphatic carbocycles. The number of nitrogens with one attached hydrogen (secondary N) is 1. The van der Waals surface area contributed by atoms with E-state index >= 15 is 0 Å². The van der Waals surface area contributed by atoms with Crippen LogP contribution in [0.25, 0.3) is 0 Å². The van der Waals surface area contributed by atoms with Crippen molar-refractivity contribution in [2.45, 2.75) is 51.6 Å². The Morgan fingerprint density at radius 1 is 1.22 bits per heavy atom. The standard InChI is InChI=1S/C20H29N3O4/c1-5-10-20(11-6-2)18(25)23(19(26)21-20)14-17(24)22(3)13-15-8-7-9-16(12-15)27-4/h7-9,12H,5-6,10-11,13-14H2,1-4H3,(H,21,26). The van der Waals surface area contributed by atoms with E-state index in [0.717, 1.165) is 23.3 Å². The molecule has 1 N–H and O–H groups in total. The summed E-state index contributed by atoms with van der Waals surface area (Å²) < 4.78 is 5.19. The molecule has 0 unspecified atom stereocenters. The molecule has 0 atom stereocenters. The Morgan fingerprint density at radius 2 is 1.89 bits per heavy atom. The first-order chi connectivity index (χ1) is 12.9. The normalized spacial score (nSPS) is 15.6. The first-order valence-corrected chi connectivity index (χ1v) is 9.38. The van der Waals surface area contributed by atoms with Crippen LogP contribution in [0.2, 0.25) is 0 Å². The van der Waals surface area contributed by atoms with Crippen LogP contribution in [0.15, 0.2) is 24.3 Å². The van der Waals surface area contributed by atoms with Gasteiger partial charge in [0.25, 0.3) is 5.91 Å². The fraction of sp³-hybridized carbons (Fsp3) is 0.550. The molecule has 27 heavy (non-hydrogen) atoms. The number of amides is 4. The van der Waals surface area contributed by atoms with Crippen molar-refractivity contribution in [2.75, 3.05) is 20.7 Å². The highest BCUT2D eigenvalue weighted by Gasteiger charge is 2.50. The fourth-order valence-electron chi connectivity index (χ4n) is 3.53. The molecule has 1 saturated heterocycles. The number of urea groups is 1. The zero-order chi connectivity index (χ0) is 20.0. The SMILES string of the molecule is CCCC1(CCC)NC(=O)N(CC(=O)N(C)Cc2cccc(OC)c2)C1=O. The Kier molecular flexibility index (Phi) is 6.82. The first kappa shape index (κ1) is 20.7. The predicted octanol–water partition coefficient (Wildman–Crippen LogP) is 2.54. The molecule has 1 aromatic carbocycles. The molecule has 1 fully saturated rings. The number of likely N-dealkylation sites (N-methyl/N-ethyl adjacent to an activating group) is 1. The highest BCUT2D eigenvalue weighted by Crippen LogP contribution is 2.28. The van der Waals surface area contributed by atoms with Crippen LogP contribution in [0.3, 0.4) is 0 Å². The van der Waals surface area contributed by atoms with E-state index in [4.69, 9.17) is 4.74 Å². The Balaban J connectivity index is 2.05. The van der Waals surface area contributed by atoms with Crippen LogP contribution in [0.1, 0.15) is 45.1 Å². The topological polar surface area (TPSA) is 79.0 Å². The van der Waals surface area contributed by atoms with E-state index in [1.165, 1.54) is 4.90 Å². The van der Waals surface area contributed by atoms with Crippen LogP contribution in [-0.2, 0) is 16.1 Å². The summed E-state index contributed by atoms with van der Waals surface area (Å²) in [6.07, 6.45) is 2.72. The lowest BCUT2D eigenvalue weighted by atomic mass is 9.88. The highest BCUT2D eigenvalue weighted by molar-refractivity contribution is 6.09. The molecule has 0 bridgehead atoms. The second-order valence-electron chi connectivity index (χ2n) is 7.00. The van der Waals surface area contributed by atoms with E-state index in [0.29, 0.717) is 25.1 Å². The van der Waals surface area contributed by atoms with Gasteiger partial charge in [-0.3, -0.25) is 14.5 Å². The zero-order valence-electron chi connectivity index (χ0n) is 16.6. The first-order valence-electron chi connectivity index (χ1n) is 9.38.